The molecule has 0 bridgehead atoms. The van der Waals surface area contributed by atoms with Crippen molar-refractivity contribution in [2.75, 3.05) is 51.3 Å². The first-order valence-corrected chi connectivity index (χ1v) is 8.82. The van der Waals surface area contributed by atoms with Gasteiger partial charge in [-0.2, -0.15) is 0 Å². The van der Waals surface area contributed by atoms with E-state index >= 15 is 0 Å². The van der Waals surface area contributed by atoms with Gasteiger partial charge in [-0.15, -0.1) is 0 Å². The number of carbonyl (C=O) groups is 1. The Labute approximate surface area is 150 Å². The summed E-state index contributed by atoms with van der Waals surface area (Å²) in [4.78, 5) is 13.4. The summed E-state index contributed by atoms with van der Waals surface area (Å²) in [6, 6.07) is 7.48. The van der Waals surface area contributed by atoms with Crippen molar-refractivity contribution in [3.63, 3.8) is 0 Å². The molecule has 2 rings (SSSR count). The van der Waals surface area contributed by atoms with E-state index in [1.54, 1.807) is 0 Å². The lowest BCUT2D eigenvalue weighted by Crippen LogP contribution is -3.14. The average molecular weight is 402 g/mol. The van der Waals surface area contributed by atoms with Crippen molar-refractivity contribution in [3.05, 3.63) is 28.7 Å². The summed E-state index contributed by atoms with van der Waals surface area (Å²) in [7, 11) is 0. The molecule has 0 aromatic heterocycles. The van der Waals surface area contributed by atoms with Crippen molar-refractivity contribution in [2.24, 2.45) is 0 Å². The average Bonchev–Trinajstić information content (AvgIpc) is 2.56. The molecule has 1 aliphatic heterocycles. The number of morpholine rings is 1. The smallest absolute Gasteiger partial charge is 0.243 e. The molecule has 0 radical (unpaired) electrons. The van der Waals surface area contributed by atoms with E-state index < -0.39 is 0 Å². The number of nitrogens with one attached hydrogen (secondary N) is 4. The van der Waals surface area contributed by atoms with Crippen LogP contribution in [0.5, 0.6) is 0 Å². The quantitative estimate of drug-likeness (QED) is 0.495. The van der Waals surface area contributed by atoms with Crippen molar-refractivity contribution in [3.8, 4) is 0 Å². The summed E-state index contributed by atoms with van der Waals surface area (Å²) in [6.45, 7) is 5.64. The highest BCUT2D eigenvalue weighted by Gasteiger charge is 2.13. The van der Waals surface area contributed by atoms with Crippen LogP contribution in [0.3, 0.4) is 0 Å². The summed E-state index contributed by atoms with van der Waals surface area (Å²) in [5.41, 5.74) is 0.745. The molecule has 23 heavy (non-hydrogen) atoms. The van der Waals surface area contributed by atoms with Gasteiger partial charge < -0.3 is 25.6 Å². The zero-order valence-electron chi connectivity index (χ0n) is 12.9. The van der Waals surface area contributed by atoms with E-state index in [2.05, 4.69) is 31.9 Å². The van der Waals surface area contributed by atoms with Gasteiger partial charge in [0, 0.05) is 4.47 Å². The normalized spacial score (nSPS) is 15.0. The third-order valence-electron chi connectivity index (χ3n) is 3.52. The predicted octanol–water partition coefficient (Wildman–Crippen LogP) is -0.233. The molecule has 8 heteroatoms. The van der Waals surface area contributed by atoms with E-state index in [4.69, 9.17) is 17.0 Å². The van der Waals surface area contributed by atoms with E-state index in [1.165, 1.54) is 4.90 Å². The van der Waals surface area contributed by atoms with Crippen LogP contribution in [0.1, 0.15) is 0 Å². The molecule has 0 spiro atoms. The van der Waals surface area contributed by atoms with Gasteiger partial charge in [0.25, 0.3) is 0 Å². The molecule has 1 heterocycles. The molecule has 0 atom stereocenters. The Morgan fingerprint density at radius 3 is 2.74 bits per heavy atom. The molecular formula is C15H22BrN4O2S+. The van der Waals surface area contributed by atoms with Crippen molar-refractivity contribution in [2.45, 2.75) is 0 Å². The zero-order chi connectivity index (χ0) is 16.5. The highest BCUT2D eigenvalue weighted by atomic mass is 79.9. The molecule has 1 saturated heterocycles. The van der Waals surface area contributed by atoms with E-state index in [0.29, 0.717) is 5.11 Å². The summed E-state index contributed by atoms with van der Waals surface area (Å²) >= 11 is 8.58. The fourth-order valence-electron chi connectivity index (χ4n) is 2.24. The maximum atomic E-state index is 11.9. The number of quaternary nitrogens is 1. The molecule has 4 N–H and O–H groups in total. The van der Waals surface area contributed by atoms with Gasteiger partial charge >= 0.3 is 0 Å². The number of amides is 1. The number of halogens is 1. The SMILES string of the molecule is O=C(CNC(=S)NCC[NH+]1CCOCC1)Nc1ccccc1Br. The minimum absolute atomic E-state index is 0.136. The first kappa shape index (κ1) is 18.1. The molecule has 0 aliphatic carbocycles. The Kier molecular flexibility index (Phi) is 7.73. The van der Waals surface area contributed by atoms with Crippen LogP contribution in [0.2, 0.25) is 0 Å². The van der Waals surface area contributed by atoms with Crippen LogP contribution in [0.25, 0.3) is 0 Å². The highest BCUT2D eigenvalue weighted by Crippen LogP contribution is 2.20. The number of thiocarbonyl (C=S) groups is 1. The third kappa shape index (κ3) is 6.82. The molecule has 6 nitrogen and oxygen atoms in total. The number of hydrogen-bond acceptors (Lipinski definition) is 3. The van der Waals surface area contributed by atoms with Crippen LogP contribution in [0, 0.1) is 0 Å². The standard InChI is InChI=1S/C15H21BrN4O2S/c16-12-3-1-2-4-13(12)19-14(21)11-18-15(23)17-5-6-20-7-9-22-10-8-20/h1-4H,5-11H2,(H,19,21)(H2,17,18,23)/p+1. The molecule has 1 aliphatic rings. The summed E-state index contributed by atoms with van der Waals surface area (Å²) < 4.78 is 6.17. The Bertz CT molecular complexity index is 538. The molecule has 1 fully saturated rings. The Morgan fingerprint density at radius 2 is 2.00 bits per heavy atom. The van der Waals surface area contributed by atoms with Gasteiger partial charge in [0.1, 0.15) is 13.1 Å². The summed E-state index contributed by atoms with van der Waals surface area (Å²) in [6.07, 6.45) is 0. The van der Waals surface area contributed by atoms with E-state index in [-0.39, 0.29) is 12.5 Å². The number of benzene rings is 1. The highest BCUT2D eigenvalue weighted by molar-refractivity contribution is 9.10. The Balaban J connectivity index is 1.60. The predicted molar refractivity (Wildman–Crippen MR) is 97.8 cm³/mol. The van der Waals surface area contributed by atoms with E-state index in [9.17, 15) is 4.79 Å². The Hall–Kier alpha value is -1.22. The van der Waals surface area contributed by atoms with Crippen LogP contribution < -0.4 is 20.9 Å². The first-order chi connectivity index (χ1) is 11.1. The Morgan fingerprint density at radius 1 is 1.26 bits per heavy atom. The van der Waals surface area contributed by atoms with Crippen LogP contribution in [0.4, 0.5) is 5.69 Å². The first-order valence-electron chi connectivity index (χ1n) is 7.62. The number of para-hydroxylation sites is 1. The molecule has 126 valence electrons. The van der Waals surface area contributed by atoms with Crippen LogP contribution in [0.15, 0.2) is 28.7 Å². The lowest BCUT2D eigenvalue weighted by molar-refractivity contribution is -0.906. The molecule has 1 aromatic carbocycles. The van der Waals surface area contributed by atoms with Crippen molar-refractivity contribution < 1.29 is 14.4 Å². The topological polar surface area (TPSA) is 66.8 Å². The molecule has 0 unspecified atom stereocenters. The van der Waals surface area contributed by atoms with Gasteiger partial charge in [-0.25, -0.2) is 0 Å². The van der Waals surface area contributed by atoms with Crippen LogP contribution in [-0.4, -0.2) is 57.0 Å². The van der Waals surface area contributed by atoms with Gasteiger partial charge in [-0.05, 0) is 40.3 Å². The largest absolute Gasteiger partial charge is 0.370 e. The maximum absolute atomic E-state index is 11.9. The second-order valence-electron chi connectivity index (χ2n) is 5.25. The second-order valence-corrected chi connectivity index (χ2v) is 6.51. The number of rotatable bonds is 6. The zero-order valence-corrected chi connectivity index (χ0v) is 15.3. The van der Waals surface area contributed by atoms with Crippen LogP contribution >= 0.6 is 28.1 Å². The van der Waals surface area contributed by atoms with Gasteiger partial charge in [-0.3, -0.25) is 4.79 Å². The molecule has 1 aromatic rings. The lowest BCUT2D eigenvalue weighted by atomic mass is 10.3. The van der Waals surface area contributed by atoms with Gasteiger partial charge in [0.2, 0.25) is 5.91 Å². The number of hydrogen-bond donors (Lipinski definition) is 4. The number of ether oxygens (including phenoxy) is 1. The van der Waals surface area contributed by atoms with Gasteiger partial charge in [0.05, 0.1) is 38.5 Å². The monoisotopic (exact) mass is 401 g/mol. The maximum Gasteiger partial charge on any atom is 0.243 e. The molecular weight excluding hydrogens is 380 g/mol. The van der Waals surface area contributed by atoms with E-state index in [0.717, 1.165) is 49.6 Å². The second kappa shape index (κ2) is 9.82. The third-order valence-corrected chi connectivity index (χ3v) is 4.50. The minimum Gasteiger partial charge on any atom is -0.370 e. The number of carbonyl (C=O) groups excluding carboxylic acids is 1. The van der Waals surface area contributed by atoms with Crippen molar-refractivity contribution in [1.29, 1.82) is 0 Å². The fraction of sp³-hybridized carbons (Fsp3) is 0.467. The van der Waals surface area contributed by atoms with Crippen molar-refractivity contribution in [1.82, 2.24) is 10.6 Å². The fourth-order valence-corrected chi connectivity index (χ4v) is 2.80. The van der Waals surface area contributed by atoms with Gasteiger partial charge in [0.15, 0.2) is 5.11 Å². The molecule has 1 amide bonds. The number of anilines is 1. The van der Waals surface area contributed by atoms with Gasteiger partial charge in [-0.1, -0.05) is 12.1 Å². The lowest BCUT2D eigenvalue weighted by Gasteiger charge is -2.24. The van der Waals surface area contributed by atoms with Crippen molar-refractivity contribution >= 4 is 44.9 Å². The minimum atomic E-state index is -0.139. The molecule has 0 saturated carbocycles. The summed E-state index contributed by atoms with van der Waals surface area (Å²) in [5.74, 6) is -0.139. The van der Waals surface area contributed by atoms with Crippen LogP contribution in [-0.2, 0) is 9.53 Å². The van der Waals surface area contributed by atoms with E-state index in [1.807, 2.05) is 24.3 Å². The summed E-state index contributed by atoms with van der Waals surface area (Å²) in [5, 5.41) is 9.37.